The standard InChI is InChI=1S/C23H26N4O4S/c1-14(2)10-17-13-31-21-12-19(22-15(3)6-4-9-20(22)28)25-23(26-21)27-32(29,30)18-8-5-7-16(11-18)24-17/h4-9,11-12,14,17,24,28H,10,13H2,1-3H3,(H,25,26,27)/t17-/m1/s1. The number of aromatic nitrogens is 2. The number of hydrogen-bond acceptors (Lipinski definition) is 7. The van der Waals surface area contributed by atoms with Gasteiger partial charge in [-0.3, -0.25) is 0 Å². The fourth-order valence-corrected chi connectivity index (χ4v) is 4.74. The summed E-state index contributed by atoms with van der Waals surface area (Å²) in [6, 6.07) is 13.3. The summed E-state index contributed by atoms with van der Waals surface area (Å²) in [6.45, 7) is 6.40. The molecule has 8 nitrogen and oxygen atoms in total. The molecule has 9 heteroatoms. The van der Waals surface area contributed by atoms with E-state index in [0.29, 0.717) is 29.5 Å². The summed E-state index contributed by atoms with van der Waals surface area (Å²) in [5.41, 5.74) is 2.34. The quantitative estimate of drug-likeness (QED) is 0.544. The van der Waals surface area contributed by atoms with Crippen molar-refractivity contribution in [2.45, 2.75) is 38.1 Å². The molecule has 168 valence electrons. The van der Waals surface area contributed by atoms with E-state index >= 15 is 0 Å². The summed E-state index contributed by atoms with van der Waals surface area (Å²) in [4.78, 5) is 8.74. The van der Waals surface area contributed by atoms with Crippen LogP contribution in [-0.4, -0.2) is 36.1 Å². The van der Waals surface area contributed by atoms with E-state index in [-0.39, 0.29) is 28.5 Å². The first-order chi connectivity index (χ1) is 15.2. The highest BCUT2D eigenvalue weighted by molar-refractivity contribution is 7.92. The lowest BCUT2D eigenvalue weighted by atomic mass is 10.0. The number of nitrogens with zero attached hydrogens (tertiary/aromatic N) is 2. The van der Waals surface area contributed by atoms with Gasteiger partial charge in [-0.15, -0.1) is 0 Å². The van der Waals surface area contributed by atoms with Gasteiger partial charge in [0, 0.05) is 17.3 Å². The van der Waals surface area contributed by atoms with E-state index in [2.05, 4.69) is 33.9 Å². The zero-order valence-corrected chi connectivity index (χ0v) is 19.0. The van der Waals surface area contributed by atoms with Gasteiger partial charge in [-0.05, 0) is 49.1 Å². The van der Waals surface area contributed by atoms with Crippen LogP contribution < -0.4 is 14.8 Å². The van der Waals surface area contributed by atoms with Crippen molar-refractivity contribution in [1.29, 1.82) is 0 Å². The van der Waals surface area contributed by atoms with Gasteiger partial charge < -0.3 is 15.2 Å². The summed E-state index contributed by atoms with van der Waals surface area (Å²) < 4.78 is 34.5. The highest BCUT2D eigenvalue weighted by Crippen LogP contribution is 2.33. The van der Waals surface area contributed by atoms with E-state index in [1.54, 1.807) is 30.3 Å². The third-order valence-electron chi connectivity index (χ3n) is 5.14. The Hall–Kier alpha value is -3.33. The number of phenols is 1. The molecule has 0 amide bonds. The van der Waals surface area contributed by atoms with Gasteiger partial charge in [-0.1, -0.05) is 32.0 Å². The van der Waals surface area contributed by atoms with Crippen LogP contribution in [0.2, 0.25) is 0 Å². The van der Waals surface area contributed by atoms with Gasteiger partial charge in [0.2, 0.25) is 11.8 Å². The highest BCUT2D eigenvalue weighted by atomic mass is 32.2. The molecule has 0 aliphatic carbocycles. The number of hydrogen-bond donors (Lipinski definition) is 3. The first-order valence-corrected chi connectivity index (χ1v) is 11.9. The van der Waals surface area contributed by atoms with Crippen molar-refractivity contribution in [3.63, 3.8) is 0 Å². The second-order valence-electron chi connectivity index (χ2n) is 8.30. The lowest BCUT2D eigenvalue weighted by Gasteiger charge is -2.23. The maximum atomic E-state index is 13.0. The summed E-state index contributed by atoms with van der Waals surface area (Å²) in [5.74, 6) is 0.532. The predicted octanol–water partition coefficient (Wildman–Crippen LogP) is 4.18. The van der Waals surface area contributed by atoms with Crippen LogP contribution in [0.15, 0.2) is 53.4 Å². The van der Waals surface area contributed by atoms with Gasteiger partial charge in [0.15, 0.2) is 0 Å². The third kappa shape index (κ3) is 4.77. The number of phenolic OH excluding ortho intramolecular Hbond substituents is 1. The first-order valence-electron chi connectivity index (χ1n) is 10.4. The Morgan fingerprint density at radius 3 is 2.69 bits per heavy atom. The van der Waals surface area contributed by atoms with Crippen LogP contribution in [0.1, 0.15) is 25.8 Å². The van der Waals surface area contributed by atoms with E-state index < -0.39 is 10.0 Å². The van der Waals surface area contributed by atoms with Crippen LogP contribution in [0.3, 0.4) is 0 Å². The van der Waals surface area contributed by atoms with Crippen molar-refractivity contribution in [3.8, 4) is 22.9 Å². The summed E-state index contributed by atoms with van der Waals surface area (Å²) in [6.07, 6.45) is 0.818. The number of ether oxygens (including phenoxy) is 1. The molecule has 1 atom stereocenters. The summed E-state index contributed by atoms with van der Waals surface area (Å²) in [7, 11) is -3.94. The van der Waals surface area contributed by atoms with Gasteiger partial charge in [-0.25, -0.2) is 18.1 Å². The van der Waals surface area contributed by atoms with Crippen molar-refractivity contribution in [1.82, 2.24) is 9.97 Å². The van der Waals surface area contributed by atoms with E-state index in [1.165, 1.54) is 6.07 Å². The molecule has 3 N–H and O–H groups in total. The Bertz CT molecular complexity index is 1220. The molecule has 32 heavy (non-hydrogen) atoms. The average Bonchev–Trinajstić information content (AvgIpc) is 2.71. The number of aryl methyl sites for hydroxylation is 1. The minimum Gasteiger partial charge on any atom is -0.507 e. The van der Waals surface area contributed by atoms with E-state index in [1.807, 2.05) is 19.1 Å². The fraction of sp³-hybridized carbons (Fsp3) is 0.304. The van der Waals surface area contributed by atoms with Crippen LogP contribution in [0, 0.1) is 12.8 Å². The molecule has 0 radical (unpaired) electrons. The molecule has 4 bridgehead atoms. The number of fused-ring (bicyclic) bond motifs is 4. The van der Waals surface area contributed by atoms with Crippen molar-refractivity contribution in [2.75, 3.05) is 16.6 Å². The number of sulfonamides is 1. The smallest absolute Gasteiger partial charge is 0.264 e. The van der Waals surface area contributed by atoms with Crippen molar-refractivity contribution in [2.24, 2.45) is 5.92 Å². The van der Waals surface area contributed by atoms with Gasteiger partial charge in [-0.2, -0.15) is 4.98 Å². The van der Waals surface area contributed by atoms with E-state index in [4.69, 9.17) is 4.74 Å². The molecule has 3 aromatic rings. The normalized spacial score (nSPS) is 17.3. The van der Waals surface area contributed by atoms with Gasteiger partial charge in [0.05, 0.1) is 16.6 Å². The fourth-order valence-electron chi connectivity index (χ4n) is 3.75. The topological polar surface area (TPSA) is 113 Å². The summed E-state index contributed by atoms with van der Waals surface area (Å²) in [5, 5.41) is 13.8. The maximum absolute atomic E-state index is 13.0. The molecule has 0 spiro atoms. The van der Waals surface area contributed by atoms with Gasteiger partial charge in [0.1, 0.15) is 12.4 Å². The number of benzene rings is 2. The summed E-state index contributed by atoms with van der Waals surface area (Å²) >= 11 is 0. The second kappa shape index (κ2) is 8.66. The molecule has 1 aromatic heterocycles. The van der Waals surface area contributed by atoms with Gasteiger partial charge in [0.25, 0.3) is 10.0 Å². The third-order valence-corrected chi connectivity index (χ3v) is 6.46. The number of rotatable bonds is 3. The molecular weight excluding hydrogens is 428 g/mol. The maximum Gasteiger partial charge on any atom is 0.264 e. The van der Waals surface area contributed by atoms with Gasteiger partial charge >= 0.3 is 0 Å². The predicted molar refractivity (Wildman–Crippen MR) is 123 cm³/mol. The van der Waals surface area contributed by atoms with Crippen LogP contribution in [0.4, 0.5) is 11.6 Å². The minimum absolute atomic E-state index is 0.0385. The molecule has 1 aliphatic heterocycles. The molecule has 4 rings (SSSR count). The lowest BCUT2D eigenvalue weighted by Crippen LogP contribution is -2.29. The second-order valence-corrected chi connectivity index (χ2v) is 9.98. The molecule has 0 saturated heterocycles. The van der Waals surface area contributed by atoms with Crippen molar-refractivity contribution >= 4 is 21.7 Å². The largest absolute Gasteiger partial charge is 0.507 e. The van der Waals surface area contributed by atoms with E-state index in [0.717, 1.165) is 12.0 Å². The number of nitrogens with one attached hydrogen (secondary N) is 2. The molecule has 2 aromatic carbocycles. The monoisotopic (exact) mass is 454 g/mol. The Morgan fingerprint density at radius 2 is 1.94 bits per heavy atom. The zero-order valence-electron chi connectivity index (χ0n) is 18.2. The Morgan fingerprint density at radius 1 is 1.16 bits per heavy atom. The first kappa shape index (κ1) is 21.9. The highest BCUT2D eigenvalue weighted by Gasteiger charge is 2.22. The van der Waals surface area contributed by atoms with E-state index in [9.17, 15) is 13.5 Å². The van der Waals surface area contributed by atoms with Crippen molar-refractivity contribution < 1.29 is 18.3 Å². The molecule has 1 aliphatic rings. The van der Waals surface area contributed by atoms with Crippen LogP contribution in [-0.2, 0) is 10.0 Å². The Labute approximate surface area is 187 Å². The zero-order chi connectivity index (χ0) is 22.9. The minimum atomic E-state index is -3.94. The molecule has 0 unspecified atom stereocenters. The SMILES string of the molecule is Cc1cccc(O)c1-c1cc2nc(n1)NS(=O)(=O)c1cccc(c1)N[C@H](CC(C)C)CO2. The molecule has 0 fully saturated rings. The molecule has 2 heterocycles. The molecule has 0 saturated carbocycles. The average molecular weight is 455 g/mol. The lowest BCUT2D eigenvalue weighted by molar-refractivity contribution is 0.271. The van der Waals surface area contributed by atoms with Crippen LogP contribution in [0.25, 0.3) is 11.3 Å². The number of aromatic hydroxyl groups is 1. The van der Waals surface area contributed by atoms with Crippen LogP contribution >= 0.6 is 0 Å². The van der Waals surface area contributed by atoms with Crippen molar-refractivity contribution in [3.05, 3.63) is 54.1 Å². The Kier molecular flexibility index (Phi) is 5.92. The molecular formula is C23H26N4O4S. The Balaban J connectivity index is 1.84. The number of anilines is 2. The van der Waals surface area contributed by atoms with Crippen LogP contribution in [0.5, 0.6) is 11.6 Å².